The Hall–Kier alpha value is 0.260. The number of carbonyl (C=O) groups excluding carboxylic acids is 2. The third-order valence-corrected chi connectivity index (χ3v) is 4.46. The maximum atomic E-state index is 11.3. The van der Waals surface area contributed by atoms with Gasteiger partial charge in [0, 0.05) is 5.57 Å². The Labute approximate surface area is 94.5 Å². The van der Waals surface area contributed by atoms with Crippen molar-refractivity contribution in [3.63, 3.8) is 0 Å². The lowest BCUT2D eigenvalue weighted by Gasteiger charge is -2.11. The molecule has 0 radical (unpaired) electrons. The Morgan fingerprint density at radius 2 is 1.25 bits per heavy atom. The van der Waals surface area contributed by atoms with Gasteiger partial charge < -0.3 is 0 Å². The quantitative estimate of drug-likeness (QED) is 0.624. The van der Waals surface area contributed by atoms with E-state index in [-0.39, 0.29) is 20.5 Å². The highest BCUT2D eigenvalue weighted by atomic mass is 79.9. The van der Waals surface area contributed by atoms with Gasteiger partial charge in [-0.2, -0.15) is 0 Å². The standard InChI is InChI=1S/C7H3Br3O2/c1-2-3(8)7(12)5(10)4(9)6(2)11/h1H3. The van der Waals surface area contributed by atoms with Crippen molar-refractivity contribution in [1.29, 1.82) is 0 Å². The molecule has 0 amide bonds. The van der Waals surface area contributed by atoms with Gasteiger partial charge in [0.05, 0.1) is 13.4 Å². The van der Waals surface area contributed by atoms with E-state index in [2.05, 4.69) is 47.8 Å². The molecular formula is C7H3Br3O2. The minimum absolute atomic E-state index is 0.173. The van der Waals surface area contributed by atoms with Crippen LogP contribution in [0.2, 0.25) is 0 Å². The second-order valence-corrected chi connectivity index (χ2v) is 4.60. The predicted molar refractivity (Wildman–Crippen MR) is 56.5 cm³/mol. The third kappa shape index (κ3) is 1.49. The van der Waals surface area contributed by atoms with Crippen molar-refractivity contribution < 1.29 is 9.59 Å². The van der Waals surface area contributed by atoms with Crippen molar-refractivity contribution >= 4 is 59.4 Å². The lowest BCUT2D eigenvalue weighted by molar-refractivity contribution is -0.115. The zero-order valence-corrected chi connectivity index (χ0v) is 10.7. The van der Waals surface area contributed by atoms with Crippen LogP contribution in [0, 0.1) is 0 Å². The van der Waals surface area contributed by atoms with Gasteiger partial charge in [-0.1, -0.05) is 0 Å². The number of ketones is 2. The topological polar surface area (TPSA) is 34.1 Å². The van der Waals surface area contributed by atoms with Crippen LogP contribution < -0.4 is 0 Å². The summed E-state index contributed by atoms with van der Waals surface area (Å²) < 4.78 is 0.876. The Kier molecular flexibility index (Phi) is 3.06. The summed E-state index contributed by atoms with van der Waals surface area (Å²) in [6.45, 7) is 1.60. The Morgan fingerprint density at radius 1 is 0.833 bits per heavy atom. The van der Waals surface area contributed by atoms with E-state index >= 15 is 0 Å². The first-order chi connectivity index (χ1) is 5.46. The molecule has 1 aliphatic rings. The van der Waals surface area contributed by atoms with Crippen molar-refractivity contribution in [2.75, 3.05) is 0 Å². The number of carbonyl (C=O) groups is 2. The van der Waals surface area contributed by atoms with Gasteiger partial charge in [0.15, 0.2) is 5.78 Å². The Morgan fingerprint density at radius 3 is 1.75 bits per heavy atom. The van der Waals surface area contributed by atoms with Crippen LogP contribution in [0.4, 0.5) is 0 Å². The molecule has 1 rings (SSSR count). The van der Waals surface area contributed by atoms with Gasteiger partial charge in [0.2, 0.25) is 5.78 Å². The van der Waals surface area contributed by atoms with Crippen LogP contribution in [0.1, 0.15) is 6.92 Å². The molecule has 0 fully saturated rings. The molecule has 0 bridgehead atoms. The van der Waals surface area contributed by atoms with Gasteiger partial charge in [-0.15, -0.1) is 0 Å². The number of halogens is 3. The van der Waals surface area contributed by atoms with E-state index in [4.69, 9.17) is 0 Å². The highest BCUT2D eigenvalue weighted by molar-refractivity contribution is 9.15. The monoisotopic (exact) mass is 356 g/mol. The zero-order chi connectivity index (χ0) is 9.46. The number of allylic oxidation sites excluding steroid dienone is 4. The maximum absolute atomic E-state index is 11.3. The first-order valence-corrected chi connectivity index (χ1v) is 5.35. The molecule has 0 aromatic carbocycles. The van der Waals surface area contributed by atoms with E-state index < -0.39 is 0 Å². The summed E-state index contributed by atoms with van der Waals surface area (Å²) in [6, 6.07) is 0. The smallest absolute Gasteiger partial charge is 0.208 e. The van der Waals surface area contributed by atoms with E-state index in [1.165, 1.54) is 0 Å². The van der Waals surface area contributed by atoms with Gasteiger partial charge >= 0.3 is 0 Å². The molecule has 0 unspecified atom stereocenters. The lowest BCUT2D eigenvalue weighted by atomic mass is 10.1. The minimum atomic E-state index is -0.209. The van der Waals surface area contributed by atoms with Crippen molar-refractivity contribution in [3.05, 3.63) is 19.0 Å². The van der Waals surface area contributed by atoms with Gasteiger partial charge in [-0.3, -0.25) is 9.59 Å². The van der Waals surface area contributed by atoms with Crippen LogP contribution in [-0.4, -0.2) is 11.6 Å². The maximum Gasteiger partial charge on any atom is 0.208 e. The third-order valence-electron chi connectivity index (χ3n) is 1.46. The second-order valence-electron chi connectivity index (χ2n) is 2.23. The Bertz CT molecular complexity index is 277. The average Bonchev–Trinajstić information content (AvgIpc) is 2.08. The molecule has 0 heterocycles. The summed E-state index contributed by atoms with van der Waals surface area (Å²) in [6.07, 6.45) is 0. The van der Waals surface area contributed by atoms with Crippen LogP contribution in [-0.2, 0) is 9.59 Å². The molecule has 12 heavy (non-hydrogen) atoms. The fourth-order valence-electron chi connectivity index (χ4n) is 0.730. The fourth-order valence-corrected chi connectivity index (χ4v) is 2.23. The molecule has 0 spiro atoms. The lowest BCUT2D eigenvalue weighted by Crippen LogP contribution is -2.15. The summed E-state index contributed by atoms with van der Waals surface area (Å²) in [5.41, 5.74) is 0.426. The zero-order valence-electron chi connectivity index (χ0n) is 5.95. The van der Waals surface area contributed by atoms with Crippen LogP contribution in [0.3, 0.4) is 0 Å². The van der Waals surface area contributed by atoms with Crippen molar-refractivity contribution in [2.24, 2.45) is 0 Å². The molecule has 0 saturated heterocycles. The van der Waals surface area contributed by atoms with Crippen LogP contribution >= 0.6 is 47.8 Å². The van der Waals surface area contributed by atoms with Gasteiger partial charge in [0.1, 0.15) is 0 Å². The molecule has 64 valence electrons. The molecule has 0 saturated carbocycles. The first-order valence-electron chi connectivity index (χ1n) is 2.98. The van der Waals surface area contributed by atoms with E-state index in [0.29, 0.717) is 10.1 Å². The number of Topliss-reactive ketones (excluding diaryl/α,β-unsaturated/α-hetero) is 2. The van der Waals surface area contributed by atoms with Crippen molar-refractivity contribution in [3.8, 4) is 0 Å². The molecule has 0 aliphatic heterocycles. The Balaban J connectivity index is 3.32. The molecule has 2 nitrogen and oxygen atoms in total. The molecule has 0 aromatic heterocycles. The second kappa shape index (κ2) is 3.55. The van der Waals surface area contributed by atoms with E-state index in [1.54, 1.807) is 6.92 Å². The number of hydrogen-bond donors (Lipinski definition) is 0. The normalized spacial score (nSPS) is 19.3. The largest absolute Gasteiger partial charge is 0.288 e. The SMILES string of the molecule is CC1=C(Br)C(=O)C(Br)=C(Br)C1=O. The van der Waals surface area contributed by atoms with E-state index in [1.807, 2.05) is 0 Å². The van der Waals surface area contributed by atoms with Crippen molar-refractivity contribution in [2.45, 2.75) is 6.92 Å². The van der Waals surface area contributed by atoms with Gasteiger partial charge in [-0.25, -0.2) is 0 Å². The molecule has 1 aliphatic carbocycles. The number of hydrogen-bond acceptors (Lipinski definition) is 2. The molecular weight excluding hydrogens is 356 g/mol. The fraction of sp³-hybridized carbons (Fsp3) is 0.143. The van der Waals surface area contributed by atoms with Gasteiger partial charge in [-0.05, 0) is 54.7 Å². The molecule has 0 aromatic rings. The van der Waals surface area contributed by atoms with Crippen molar-refractivity contribution in [1.82, 2.24) is 0 Å². The predicted octanol–water partition coefficient (Wildman–Crippen LogP) is 2.81. The highest BCUT2D eigenvalue weighted by Gasteiger charge is 2.28. The summed E-state index contributed by atoms with van der Waals surface area (Å²) >= 11 is 9.11. The van der Waals surface area contributed by atoms with Crippen LogP contribution in [0.5, 0.6) is 0 Å². The summed E-state index contributed by atoms with van der Waals surface area (Å²) in [5, 5.41) is 0. The van der Waals surface area contributed by atoms with Crippen LogP contribution in [0.25, 0.3) is 0 Å². The minimum Gasteiger partial charge on any atom is -0.288 e. The average molecular weight is 359 g/mol. The first kappa shape index (κ1) is 10.3. The van der Waals surface area contributed by atoms with Gasteiger partial charge in [0.25, 0.3) is 0 Å². The summed E-state index contributed by atoms with van der Waals surface area (Å²) in [4.78, 5) is 22.6. The van der Waals surface area contributed by atoms with E-state index in [9.17, 15) is 9.59 Å². The molecule has 0 atom stereocenters. The van der Waals surface area contributed by atoms with E-state index in [0.717, 1.165) is 0 Å². The summed E-state index contributed by atoms with van der Waals surface area (Å²) in [5.74, 6) is -0.382. The molecule has 5 heteroatoms. The van der Waals surface area contributed by atoms with Crippen LogP contribution in [0.15, 0.2) is 19.0 Å². The molecule has 0 N–H and O–H groups in total. The highest BCUT2D eigenvalue weighted by Crippen LogP contribution is 2.33. The number of rotatable bonds is 0. The summed E-state index contributed by atoms with van der Waals surface area (Å²) in [7, 11) is 0.